The van der Waals surface area contributed by atoms with Crippen molar-refractivity contribution in [2.24, 2.45) is 0 Å². The first-order valence-electron chi connectivity index (χ1n) is 12.0. The summed E-state index contributed by atoms with van der Waals surface area (Å²) in [4.78, 5) is 36.1. The Balaban J connectivity index is 1.60. The number of phenols is 1. The minimum Gasteiger partial charge on any atom is -0.508 e. The van der Waals surface area contributed by atoms with Gasteiger partial charge in [0.1, 0.15) is 17.0 Å². The van der Waals surface area contributed by atoms with Crippen LogP contribution in [0.4, 0.5) is 4.79 Å². The molecule has 3 heterocycles. The number of urea groups is 1. The molecule has 2 aliphatic rings. The number of likely N-dealkylation sites (N-methyl/N-ethyl adjacent to an activating group) is 1. The summed E-state index contributed by atoms with van der Waals surface area (Å²) in [6.45, 7) is 3.06. The molecule has 1 saturated heterocycles. The van der Waals surface area contributed by atoms with Crippen LogP contribution in [0.25, 0.3) is 10.9 Å². The molecule has 1 fully saturated rings. The lowest BCUT2D eigenvalue weighted by atomic mass is 9.81. The third-order valence-electron chi connectivity index (χ3n) is 7.39. The minimum absolute atomic E-state index is 0.162. The Morgan fingerprint density at radius 1 is 1.28 bits per heavy atom. The number of carbonyl (C=O) groups excluding carboxylic acids is 2. The van der Waals surface area contributed by atoms with E-state index in [0.29, 0.717) is 25.9 Å². The number of aromatic amines is 1. The van der Waals surface area contributed by atoms with Gasteiger partial charge in [-0.15, -0.1) is 6.42 Å². The number of amides is 3. The van der Waals surface area contributed by atoms with Gasteiger partial charge in [-0.1, -0.05) is 18.1 Å². The van der Waals surface area contributed by atoms with Crippen molar-refractivity contribution < 1.29 is 19.4 Å². The first kappa shape index (κ1) is 23.8. The Morgan fingerprint density at radius 3 is 2.81 bits per heavy atom. The third kappa shape index (κ3) is 3.76. The van der Waals surface area contributed by atoms with E-state index in [4.69, 9.17) is 11.2 Å². The molecular weight excluding hydrogens is 456 g/mol. The number of hydrogen-bond acceptors (Lipinski definition) is 5. The number of phenolic OH excluding ortho intramolecular Hbond substituents is 1. The maximum atomic E-state index is 13.8. The first-order valence-corrected chi connectivity index (χ1v) is 12.0. The molecule has 8 nitrogen and oxygen atoms in total. The highest BCUT2D eigenvalue weighted by molar-refractivity contribution is 6.08. The van der Waals surface area contributed by atoms with Crippen LogP contribution in [0, 0.1) is 12.3 Å². The quantitative estimate of drug-likeness (QED) is 0.395. The van der Waals surface area contributed by atoms with Crippen LogP contribution < -0.4 is 4.74 Å². The van der Waals surface area contributed by atoms with E-state index < -0.39 is 11.6 Å². The molecule has 186 valence electrons. The van der Waals surface area contributed by atoms with Crippen molar-refractivity contribution in [3.05, 3.63) is 59.3 Å². The van der Waals surface area contributed by atoms with Crippen LogP contribution >= 0.6 is 0 Å². The highest BCUT2D eigenvalue weighted by Crippen LogP contribution is 2.47. The number of nitrogens with zero attached hydrogens (tertiary/aromatic N) is 3. The number of rotatable bonds is 7. The number of H-pyrrole nitrogens is 1. The molecule has 0 spiro atoms. The molecule has 5 rings (SSSR count). The van der Waals surface area contributed by atoms with Gasteiger partial charge in [0.2, 0.25) is 0 Å². The van der Waals surface area contributed by atoms with Crippen molar-refractivity contribution >= 4 is 22.8 Å². The zero-order valence-corrected chi connectivity index (χ0v) is 20.7. The van der Waals surface area contributed by atoms with Gasteiger partial charge in [-0.3, -0.25) is 14.6 Å². The molecule has 1 aromatic heterocycles. The summed E-state index contributed by atoms with van der Waals surface area (Å²) in [5, 5.41) is 11.1. The van der Waals surface area contributed by atoms with E-state index >= 15 is 0 Å². The van der Waals surface area contributed by atoms with E-state index in [-0.39, 0.29) is 24.2 Å². The first-order chi connectivity index (χ1) is 17.3. The highest BCUT2D eigenvalue weighted by Gasteiger charge is 2.59. The maximum absolute atomic E-state index is 13.8. The van der Waals surface area contributed by atoms with Crippen molar-refractivity contribution in [1.82, 2.24) is 19.7 Å². The van der Waals surface area contributed by atoms with Gasteiger partial charge >= 0.3 is 6.03 Å². The van der Waals surface area contributed by atoms with E-state index in [1.54, 1.807) is 30.2 Å². The van der Waals surface area contributed by atoms with Crippen molar-refractivity contribution in [1.29, 1.82) is 0 Å². The molecule has 1 unspecified atom stereocenters. The molecule has 0 bridgehead atoms. The lowest BCUT2D eigenvalue weighted by Gasteiger charge is -2.42. The van der Waals surface area contributed by atoms with Crippen molar-refractivity contribution in [3.63, 3.8) is 0 Å². The number of imide groups is 1. The summed E-state index contributed by atoms with van der Waals surface area (Å²) in [6.07, 6.45) is 6.26. The largest absolute Gasteiger partial charge is 0.508 e. The predicted molar refractivity (Wildman–Crippen MR) is 137 cm³/mol. The lowest BCUT2D eigenvalue weighted by molar-refractivity contribution is -0.133. The third-order valence-corrected chi connectivity index (χ3v) is 7.39. The van der Waals surface area contributed by atoms with E-state index in [2.05, 4.69) is 10.9 Å². The van der Waals surface area contributed by atoms with Gasteiger partial charge in [0.25, 0.3) is 5.91 Å². The summed E-state index contributed by atoms with van der Waals surface area (Å²) in [7, 11) is 3.50. The SMILES string of the molecule is C#CCN(C)CCN1C(=O)N2C(Cc3cccc(O)c3)c3[nH]c4ccc(OC)cc4c3C[C@@]2(C)C1=O. The summed E-state index contributed by atoms with van der Waals surface area (Å²) < 4.78 is 5.46. The Kier molecular flexibility index (Phi) is 5.89. The van der Waals surface area contributed by atoms with E-state index in [9.17, 15) is 14.7 Å². The molecule has 8 heteroatoms. The summed E-state index contributed by atoms with van der Waals surface area (Å²) in [5.41, 5.74) is 2.69. The van der Waals surface area contributed by atoms with Gasteiger partial charge in [-0.25, -0.2) is 4.79 Å². The fourth-order valence-corrected chi connectivity index (χ4v) is 5.59. The van der Waals surface area contributed by atoms with Crippen LogP contribution in [-0.4, -0.2) is 76.1 Å². The summed E-state index contributed by atoms with van der Waals surface area (Å²) in [5.74, 6) is 3.28. The predicted octanol–water partition coefficient (Wildman–Crippen LogP) is 3.31. The molecule has 36 heavy (non-hydrogen) atoms. The van der Waals surface area contributed by atoms with E-state index in [1.165, 1.54) is 4.90 Å². The normalized spacial score (nSPS) is 21.1. The molecule has 2 aromatic carbocycles. The Morgan fingerprint density at radius 2 is 2.08 bits per heavy atom. The average Bonchev–Trinajstić information content (AvgIpc) is 3.29. The van der Waals surface area contributed by atoms with Gasteiger partial charge in [-0.2, -0.15) is 0 Å². The number of fused-ring (bicyclic) bond motifs is 4. The standard InChI is InChI=1S/C28H30N4O4/c1-5-11-30(3)12-13-31-26(34)28(2)17-22-21-16-20(36-4)9-10-23(21)29-25(22)24(32(28)27(31)35)15-18-7-6-8-19(33)14-18/h1,6-10,14,16,24,29,33H,11-13,15,17H2,2-4H3/t24?,28-/m0/s1. The van der Waals surface area contributed by atoms with Crippen molar-refractivity contribution in [3.8, 4) is 23.8 Å². The number of ether oxygens (including phenoxy) is 1. The number of hydrogen-bond donors (Lipinski definition) is 2. The second-order valence-corrected chi connectivity index (χ2v) is 9.82. The molecule has 3 amide bonds. The molecule has 2 atom stereocenters. The van der Waals surface area contributed by atoms with Gasteiger partial charge < -0.3 is 19.7 Å². The molecule has 0 radical (unpaired) electrons. The van der Waals surface area contributed by atoms with Crippen LogP contribution in [-0.2, 0) is 17.6 Å². The number of carbonyl (C=O) groups is 2. The second-order valence-electron chi connectivity index (χ2n) is 9.82. The fourth-order valence-electron chi connectivity index (χ4n) is 5.59. The zero-order chi connectivity index (χ0) is 25.6. The molecule has 3 aromatic rings. The van der Waals surface area contributed by atoms with E-state index in [0.717, 1.165) is 33.5 Å². The summed E-state index contributed by atoms with van der Waals surface area (Å²) in [6, 6.07) is 12.1. The molecular formula is C28H30N4O4. The number of terminal acetylenes is 1. The number of aromatic nitrogens is 1. The number of methoxy groups -OCH3 is 1. The van der Waals surface area contributed by atoms with Gasteiger partial charge in [-0.05, 0) is 61.9 Å². The van der Waals surface area contributed by atoms with Crippen LogP contribution in [0.1, 0.15) is 29.8 Å². The smallest absolute Gasteiger partial charge is 0.328 e. The van der Waals surface area contributed by atoms with Crippen molar-refractivity contribution in [2.75, 3.05) is 33.8 Å². The topological polar surface area (TPSA) is 89.1 Å². The zero-order valence-electron chi connectivity index (χ0n) is 20.7. The molecule has 2 aliphatic heterocycles. The molecule has 0 saturated carbocycles. The number of aromatic hydroxyl groups is 1. The summed E-state index contributed by atoms with van der Waals surface area (Å²) >= 11 is 0. The Hall–Kier alpha value is -3.96. The van der Waals surface area contributed by atoms with Crippen LogP contribution in [0.3, 0.4) is 0 Å². The van der Waals surface area contributed by atoms with Gasteiger partial charge in [0.05, 0.1) is 19.7 Å². The lowest BCUT2D eigenvalue weighted by Crippen LogP contribution is -2.53. The second kappa shape index (κ2) is 8.92. The van der Waals surface area contributed by atoms with Crippen LogP contribution in [0.2, 0.25) is 0 Å². The van der Waals surface area contributed by atoms with Crippen LogP contribution in [0.5, 0.6) is 11.5 Å². The molecule has 2 N–H and O–H groups in total. The Labute approximate surface area is 210 Å². The van der Waals surface area contributed by atoms with E-state index in [1.807, 2.05) is 43.1 Å². The molecule has 0 aliphatic carbocycles. The van der Waals surface area contributed by atoms with Crippen LogP contribution in [0.15, 0.2) is 42.5 Å². The highest BCUT2D eigenvalue weighted by atomic mass is 16.5. The fraction of sp³-hybridized carbons (Fsp3) is 0.357. The maximum Gasteiger partial charge on any atom is 0.328 e. The number of nitrogens with one attached hydrogen (secondary N) is 1. The average molecular weight is 487 g/mol. The monoisotopic (exact) mass is 486 g/mol. The minimum atomic E-state index is -1.03. The van der Waals surface area contributed by atoms with Crippen molar-refractivity contribution in [2.45, 2.75) is 31.3 Å². The van der Waals surface area contributed by atoms with Gasteiger partial charge in [0.15, 0.2) is 0 Å². The Bertz CT molecular complexity index is 1390. The van der Waals surface area contributed by atoms with Gasteiger partial charge in [0, 0.05) is 36.1 Å². The number of benzene rings is 2.